The van der Waals surface area contributed by atoms with Crippen molar-refractivity contribution in [2.45, 2.75) is 20.0 Å². The molecule has 7 heteroatoms. The van der Waals surface area contributed by atoms with Crippen molar-refractivity contribution < 1.29 is 18.7 Å². The van der Waals surface area contributed by atoms with Crippen LogP contribution in [0.5, 0.6) is 11.5 Å². The molecule has 0 radical (unpaired) electrons. The maximum Gasteiger partial charge on any atom is 0.322 e. The molecule has 1 aliphatic heterocycles. The van der Waals surface area contributed by atoms with Gasteiger partial charge >= 0.3 is 6.01 Å². The third kappa shape index (κ3) is 3.11. The van der Waals surface area contributed by atoms with Gasteiger partial charge in [-0.15, -0.1) is 5.10 Å². The molecule has 3 aromatic rings. The van der Waals surface area contributed by atoms with E-state index < -0.39 is 6.10 Å². The molecule has 2 aromatic carbocycles. The number of nitrogens with one attached hydrogen (secondary N) is 1. The van der Waals surface area contributed by atoms with E-state index in [1.54, 1.807) is 12.1 Å². The molecule has 2 heterocycles. The van der Waals surface area contributed by atoms with E-state index >= 15 is 0 Å². The molecule has 7 nitrogen and oxygen atoms in total. The van der Waals surface area contributed by atoms with Crippen LogP contribution < -0.4 is 14.8 Å². The predicted octanol–water partition coefficient (Wildman–Crippen LogP) is 3.45. The van der Waals surface area contributed by atoms with Crippen LogP contribution in [0.2, 0.25) is 0 Å². The highest BCUT2D eigenvalue weighted by Crippen LogP contribution is 2.35. The number of aromatic nitrogens is 2. The van der Waals surface area contributed by atoms with Crippen LogP contribution in [0.25, 0.3) is 0 Å². The number of carbonyl (C=O) groups excluding carboxylic acids is 1. The molecule has 1 aliphatic rings. The van der Waals surface area contributed by atoms with E-state index in [0.717, 1.165) is 11.1 Å². The summed E-state index contributed by atoms with van der Waals surface area (Å²) in [6, 6.07) is 12.8. The van der Waals surface area contributed by atoms with Crippen molar-refractivity contribution >= 4 is 11.9 Å². The van der Waals surface area contributed by atoms with Crippen molar-refractivity contribution in [3.63, 3.8) is 0 Å². The molecule has 1 amide bonds. The molecule has 1 unspecified atom stereocenters. The third-order valence-corrected chi connectivity index (χ3v) is 4.21. The van der Waals surface area contributed by atoms with Gasteiger partial charge in [0.15, 0.2) is 11.5 Å². The summed E-state index contributed by atoms with van der Waals surface area (Å²) in [5.74, 6) is 1.22. The topological polar surface area (TPSA) is 86.5 Å². The van der Waals surface area contributed by atoms with Crippen LogP contribution in [-0.2, 0) is 0 Å². The Morgan fingerprint density at radius 1 is 1.08 bits per heavy atom. The largest absolute Gasteiger partial charge is 0.485 e. The first-order valence-corrected chi connectivity index (χ1v) is 8.20. The molecule has 1 atom stereocenters. The van der Waals surface area contributed by atoms with Crippen LogP contribution in [0, 0.1) is 13.8 Å². The fourth-order valence-electron chi connectivity index (χ4n) is 2.61. The van der Waals surface area contributed by atoms with Crippen LogP contribution in [-0.4, -0.2) is 22.7 Å². The predicted molar refractivity (Wildman–Crippen MR) is 93.5 cm³/mol. The van der Waals surface area contributed by atoms with Crippen molar-refractivity contribution in [3.8, 4) is 11.5 Å². The van der Waals surface area contributed by atoms with Gasteiger partial charge in [-0.3, -0.25) is 10.1 Å². The number of fused-ring (bicyclic) bond motifs is 1. The number of hydrogen-bond acceptors (Lipinski definition) is 6. The van der Waals surface area contributed by atoms with E-state index in [4.69, 9.17) is 13.9 Å². The van der Waals surface area contributed by atoms with Gasteiger partial charge in [0.2, 0.25) is 6.10 Å². The molecule has 0 saturated heterocycles. The highest BCUT2D eigenvalue weighted by Gasteiger charge is 2.27. The Hall–Kier alpha value is -3.35. The first-order valence-electron chi connectivity index (χ1n) is 8.20. The fourth-order valence-corrected chi connectivity index (χ4v) is 2.61. The summed E-state index contributed by atoms with van der Waals surface area (Å²) in [5, 5.41) is 10.4. The lowest BCUT2D eigenvalue weighted by molar-refractivity contribution is 0.0716. The minimum Gasteiger partial charge on any atom is -0.485 e. The van der Waals surface area contributed by atoms with Gasteiger partial charge in [0.1, 0.15) is 6.61 Å². The summed E-state index contributed by atoms with van der Waals surface area (Å²) in [7, 11) is 0. The monoisotopic (exact) mass is 351 g/mol. The van der Waals surface area contributed by atoms with Crippen LogP contribution >= 0.6 is 0 Å². The average Bonchev–Trinajstić information content (AvgIpc) is 3.12. The van der Waals surface area contributed by atoms with Gasteiger partial charge in [-0.2, -0.15) is 0 Å². The number of amides is 1. The Morgan fingerprint density at radius 3 is 2.69 bits per heavy atom. The second-order valence-electron chi connectivity index (χ2n) is 6.06. The van der Waals surface area contributed by atoms with Gasteiger partial charge in [0, 0.05) is 5.56 Å². The number of rotatable bonds is 3. The summed E-state index contributed by atoms with van der Waals surface area (Å²) in [6.07, 6.45) is -0.523. The lowest BCUT2D eigenvalue weighted by Crippen LogP contribution is -2.21. The summed E-state index contributed by atoms with van der Waals surface area (Å²) >= 11 is 0. The Kier molecular flexibility index (Phi) is 4.04. The van der Waals surface area contributed by atoms with Crippen molar-refractivity contribution in [1.29, 1.82) is 0 Å². The summed E-state index contributed by atoms with van der Waals surface area (Å²) in [5.41, 5.74) is 2.69. The molecule has 0 aliphatic carbocycles. The maximum atomic E-state index is 12.3. The number of carbonyl (C=O) groups is 1. The van der Waals surface area contributed by atoms with Gasteiger partial charge in [-0.05, 0) is 49.2 Å². The molecule has 0 bridgehead atoms. The molecule has 0 fully saturated rings. The standard InChI is InChI=1S/C19H17N3O4/c1-11-7-8-13(9-12(11)2)17(23)20-19-22-21-18(26-19)16-10-24-14-5-3-4-6-15(14)25-16/h3-9,16H,10H2,1-2H3,(H,20,22,23). The zero-order chi connectivity index (χ0) is 18.1. The molecule has 26 heavy (non-hydrogen) atoms. The van der Waals surface area contributed by atoms with E-state index in [0.29, 0.717) is 17.1 Å². The van der Waals surface area contributed by atoms with Crippen molar-refractivity contribution in [2.24, 2.45) is 0 Å². The van der Waals surface area contributed by atoms with E-state index in [2.05, 4.69) is 15.5 Å². The molecular formula is C19H17N3O4. The smallest absolute Gasteiger partial charge is 0.322 e. The lowest BCUT2D eigenvalue weighted by Gasteiger charge is -2.23. The number of ether oxygens (including phenoxy) is 2. The number of hydrogen-bond donors (Lipinski definition) is 1. The Labute approximate surface area is 150 Å². The van der Waals surface area contributed by atoms with E-state index in [1.807, 2.05) is 44.2 Å². The van der Waals surface area contributed by atoms with Gasteiger partial charge in [-0.25, -0.2) is 0 Å². The van der Waals surface area contributed by atoms with Crippen molar-refractivity contribution in [1.82, 2.24) is 10.2 Å². The molecule has 4 rings (SSSR count). The first kappa shape index (κ1) is 16.1. The molecule has 132 valence electrons. The quantitative estimate of drug-likeness (QED) is 0.778. The Bertz CT molecular complexity index is 967. The third-order valence-electron chi connectivity index (χ3n) is 4.21. The van der Waals surface area contributed by atoms with Crippen molar-refractivity contribution in [2.75, 3.05) is 11.9 Å². The highest BCUT2D eigenvalue weighted by molar-refractivity contribution is 6.03. The van der Waals surface area contributed by atoms with Crippen molar-refractivity contribution in [3.05, 3.63) is 65.0 Å². The van der Waals surface area contributed by atoms with E-state index in [-0.39, 0.29) is 24.4 Å². The molecule has 0 saturated carbocycles. The second-order valence-corrected chi connectivity index (χ2v) is 6.06. The Morgan fingerprint density at radius 2 is 1.88 bits per heavy atom. The number of aryl methyl sites for hydroxylation is 2. The molecule has 1 aromatic heterocycles. The van der Waals surface area contributed by atoms with E-state index in [1.165, 1.54) is 0 Å². The zero-order valence-electron chi connectivity index (χ0n) is 14.4. The summed E-state index contributed by atoms with van der Waals surface area (Å²) in [6.45, 7) is 4.20. The number of para-hydroxylation sites is 2. The van der Waals surface area contributed by atoms with Gasteiger partial charge in [0.05, 0.1) is 0 Å². The van der Waals surface area contributed by atoms with Crippen LogP contribution in [0.15, 0.2) is 46.9 Å². The normalized spacial score (nSPS) is 15.5. The fraction of sp³-hybridized carbons (Fsp3) is 0.211. The Balaban J connectivity index is 1.46. The van der Waals surface area contributed by atoms with Gasteiger partial charge in [0.25, 0.3) is 11.8 Å². The SMILES string of the molecule is Cc1ccc(C(=O)Nc2nnc(C3COc4ccccc4O3)o2)cc1C. The lowest BCUT2D eigenvalue weighted by atomic mass is 10.1. The minimum atomic E-state index is -0.523. The maximum absolute atomic E-state index is 12.3. The molecule has 0 spiro atoms. The van der Waals surface area contributed by atoms with Crippen LogP contribution in [0.3, 0.4) is 0 Å². The van der Waals surface area contributed by atoms with Gasteiger partial charge in [-0.1, -0.05) is 23.3 Å². The van der Waals surface area contributed by atoms with Crippen LogP contribution in [0.4, 0.5) is 6.01 Å². The second kappa shape index (κ2) is 6.51. The van der Waals surface area contributed by atoms with Crippen LogP contribution in [0.1, 0.15) is 33.5 Å². The minimum absolute atomic E-state index is 0.0192. The average molecular weight is 351 g/mol. The van der Waals surface area contributed by atoms with E-state index in [9.17, 15) is 4.79 Å². The first-order chi connectivity index (χ1) is 12.6. The summed E-state index contributed by atoms with van der Waals surface area (Å²) in [4.78, 5) is 12.3. The van der Waals surface area contributed by atoms with Gasteiger partial charge < -0.3 is 13.9 Å². The number of anilines is 1. The molecular weight excluding hydrogens is 334 g/mol. The summed E-state index contributed by atoms with van der Waals surface area (Å²) < 4.78 is 17.0. The number of nitrogens with zero attached hydrogens (tertiary/aromatic N) is 2. The number of benzene rings is 2. The highest BCUT2D eigenvalue weighted by atomic mass is 16.6. The zero-order valence-corrected chi connectivity index (χ0v) is 14.4. The molecule has 1 N–H and O–H groups in total.